The normalized spacial score (nSPS) is 10.4. The lowest BCUT2D eigenvalue weighted by atomic mass is 10.2. The molecule has 1 aromatic heterocycles. The summed E-state index contributed by atoms with van der Waals surface area (Å²) >= 11 is 0. The molecule has 0 amide bonds. The predicted octanol–water partition coefficient (Wildman–Crippen LogP) is 3.35. The molecule has 19 heavy (non-hydrogen) atoms. The number of nitrogens with zero attached hydrogens (tertiary/aromatic N) is 2. The molecule has 1 heterocycles. The molecule has 0 aliphatic carbocycles. The molecular weight excluding hydrogens is 234 g/mol. The standard InChI is InChI=1S/C16H21N3/c1-3-17-12-14-10-11-16(18-13-14)19(4-2)15-8-6-5-7-9-15/h5-11,13,17H,3-4,12H2,1-2H3. The van der Waals surface area contributed by atoms with E-state index in [1.165, 1.54) is 11.3 Å². The molecular formula is C16H21N3. The summed E-state index contributed by atoms with van der Waals surface area (Å²) < 4.78 is 0. The maximum absolute atomic E-state index is 4.57. The van der Waals surface area contributed by atoms with E-state index in [0.717, 1.165) is 25.5 Å². The fraction of sp³-hybridized carbons (Fsp3) is 0.312. The van der Waals surface area contributed by atoms with Crippen molar-refractivity contribution in [3.8, 4) is 0 Å². The molecule has 0 aliphatic rings. The van der Waals surface area contributed by atoms with Crippen LogP contribution in [0.5, 0.6) is 0 Å². The SMILES string of the molecule is CCNCc1ccc(N(CC)c2ccccc2)nc1. The fourth-order valence-corrected chi connectivity index (χ4v) is 2.04. The summed E-state index contributed by atoms with van der Waals surface area (Å²) in [7, 11) is 0. The molecule has 1 aromatic carbocycles. The van der Waals surface area contributed by atoms with Crippen molar-refractivity contribution in [2.24, 2.45) is 0 Å². The fourth-order valence-electron chi connectivity index (χ4n) is 2.04. The Balaban J connectivity index is 2.15. The van der Waals surface area contributed by atoms with E-state index >= 15 is 0 Å². The largest absolute Gasteiger partial charge is 0.327 e. The molecule has 0 saturated carbocycles. The maximum Gasteiger partial charge on any atom is 0.132 e. The first kappa shape index (κ1) is 13.6. The highest BCUT2D eigenvalue weighted by Gasteiger charge is 2.07. The Kier molecular flexibility index (Phi) is 4.93. The van der Waals surface area contributed by atoms with Crippen LogP contribution in [0.3, 0.4) is 0 Å². The average molecular weight is 255 g/mol. The Hall–Kier alpha value is -1.87. The van der Waals surface area contributed by atoms with Gasteiger partial charge < -0.3 is 10.2 Å². The third-order valence-corrected chi connectivity index (χ3v) is 3.05. The van der Waals surface area contributed by atoms with E-state index in [4.69, 9.17) is 0 Å². The highest BCUT2D eigenvalue weighted by atomic mass is 15.2. The summed E-state index contributed by atoms with van der Waals surface area (Å²) in [6.45, 7) is 7.01. The lowest BCUT2D eigenvalue weighted by Gasteiger charge is -2.22. The van der Waals surface area contributed by atoms with Crippen molar-refractivity contribution in [2.75, 3.05) is 18.0 Å². The van der Waals surface area contributed by atoms with Gasteiger partial charge in [0.05, 0.1) is 0 Å². The Morgan fingerprint density at radius 2 is 1.84 bits per heavy atom. The van der Waals surface area contributed by atoms with Gasteiger partial charge in [-0.15, -0.1) is 0 Å². The van der Waals surface area contributed by atoms with E-state index in [2.05, 4.69) is 65.4 Å². The van der Waals surface area contributed by atoms with Crippen LogP contribution in [0.1, 0.15) is 19.4 Å². The molecule has 3 nitrogen and oxygen atoms in total. The molecule has 100 valence electrons. The number of para-hydroxylation sites is 1. The van der Waals surface area contributed by atoms with Crippen LogP contribution in [0.15, 0.2) is 48.7 Å². The number of hydrogen-bond donors (Lipinski definition) is 1. The first-order chi connectivity index (χ1) is 9.35. The van der Waals surface area contributed by atoms with Gasteiger partial charge in [0.15, 0.2) is 0 Å². The van der Waals surface area contributed by atoms with E-state index in [1.807, 2.05) is 12.3 Å². The Morgan fingerprint density at radius 1 is 1.05 bits per heavy atom. The lowest BCUT2D eigenvalue weighted by Crippen LogP contribution is -2.17. The number of anilines is 2. The maximum atomic E-state index is 4.57. The topological polar surface area (TPSA) is 28.2 Å². The zero-order valence-electron chi connectivity index (χ0n) is 11.6. The Bertz CT molecular complexity index is 479. The van der Waals surface area contributed by atoms with Gasteiger partial charge in [0.1, 0.15) is 5.82 Å². The lowest BCUT2D eigenvalue weighted by molar-refractivity contribution is 0.724. The molecule has 2 aromatic rings. The van der Waals surface area contributed by atoms with Crippen molar-refractivity contribution in [1.29, 1.82) is 0 Å². The number of benzene rings is 1. The summed E-state index contributed by atoms with van der Waals surface area (Å²) in [5.74, 6) is 0.994. The first-order valence-corrected chi connectivity index (χ1v) is 6.83. The van der Waals surface area contributed by atoms with Gasteiger partial charge in [-0.2, -0.15) is 0 Å². The molecule has 0 unspecified atom stereocenters. The van der Waals surface area contributed by atoms with Gasteiger partial charge in [0, 0.05) is 25.0 Å². The predicted molar refractivity (Wildman–Crippen MR) is 80.7 cm³/mol. The van der Waals surface area contributed by atoms with Crippen LogP contribution in [0.4, 0.5) is 11.5 Å². The van der Waals surface area contributed by atoms with E-state index in [-0.39, 0.29) is 0 Å². The number of nitrogens with one attached hydrogen (secondary N) is 1. The van der Waals surface area contributed by atoms with Crippen molar-refractivity contribution < 1.29 is 0 Å². The number of aromatic nitrogens is 1. The van der Waals surface area contributed by atoms with Crippen LogP contribution in [-0.4, -0.2) is 18.1 Å². The molecule has 0 spiro atoms. The van der Waals surface area contributed by atoms with Gasteiger partial charge in [-0.1, -0.05) is 31.2 Å². The van der Waals surface area contributed by atoms with Crippen LogP contribution in [0, 0.1) is 0 Å². The second-order valence-corrected chi connectivity index (χ2v) is 4.38. The van der Waals surface area contributed by atoms with Gasteiger partial charge in [0.2, 0.25) is 0 Å². The van der Waals surface area contributed by atoms with Gasteiger partial charge in [0.25, 0.3) is 0 Å². The summed E-state index contributed by atoms with van der Waals surface area (Å²) in [4.78, 5) is 6.77. The molecule has 0 aliphatic heterocycles. The van der Waals surface area contributed by atoms with E-state index in [9.17, 15) is 0 Å². The quantitative estimate of drug-likeness (QED) is 0.858. The molecule has 0 bridgehead atoms. The molecule has 1 N–H and O–H groups in total. The zero-order chi connectivity index (χ0) is 13.5. The Morgan fingerprint density at radius 3 is 2.42 bits per heavy atom. The van der Waals surface area contributed by atoms with Crippen molar-refractivity contribution in [1.82, 2.24) is 10.3 Å². The van der Waals surface area contributed by atoms with E-state index in [1.54, 1.807) is 0 Å². The van der Waals surface area contributed by atoms with Crippen LogP contribution in [0.2, 0.25) is 0 Å². The molecule has 0 atom stereocenters. The molecule has 0 radical (unpaired) electrons. The summed E-state index contributed by atoms with van der Waals surface area (Å²) in [6.07, 6.45) is 1.95. The summed E-state index contributed by atoms with van der Waals surface area (Å²) in [5, 5.41) is 3.31. The molecule has 3 heteroatoms. The molecule has 0 fully saturated rings. The Labute approximate surface area is 115 Å². The third-order valence-electron chi connectivity index (χ3n) is 3.05. The third kappa shape index (κ3) is 3.55. The smallest absolute Gasteiger partial charge is 0.132 e. The van der Waals surface area contributed by atoms with Crippen molar-refractivity contribution in [3.63, 3.8) is 0 Å². The van der Waals surface area contributed by atoms with Crippen LogP contribution < -0.4 is 10.2 Å². The second-order valence-electron chi connectivity index (χ2n) is 4.38. The van der Waals surface area contributed by atoms with Crippen LogP contribution in [-0.2, 0) is 6.54 Å². The summed E-state index contributed by atoms with van der Waals surface area (Å²) in [6, 6.07) is 14.6. The van der Waals surface area contributed by atoms with Crippen molar-refractivity contribution in [3.05, 3.63) is 54.2 Å². The minimum Gasteiger partial charge on any atom is -0.327 e. The van der Waals surface area contributed by atoms with Gasteiger partial charge in [-0.05, 0) is 37.2 Å². The highest BCUT2D eigenvalue weighted by Crippen LogP contribution is 2.22. The van der Waals surface area contributed by atoms with Gasteiger partial charge in [-0.3, -0.25) is 0 Å². The highest BCUT2D eigenvalue weighted by molar-refractivity contribution is 5.59. The average Bonchev–Trinajstić information content (AvgIpc) is 2.48. The monoisotopic (exact) mass is 255 g/mol. The van der Waals surface area contributed by atoms with Crippen LogP contribution in [0.25, 0.3) is 0 Å². The second kappa shape index (κ2) is 6.90. The zero-order valence-corrected chi connectivity index (χ0v) is 11.6. The molecule has 0 saturated heterocycles. The number of hydrogen-bond acceptors (Lipinski definition) is 3. The summed E-state index contributed by atoms with van der Waals surface area (Å²) in [5.41, 5.74) is 2.40. The van der Waals surface area contributed by atoms with Gasteiger partial charge in [-0.25, -0.2) is 4.98 Å². The van der Waals surface area contributed by atoms with E-state index < -0.39 is 0 Å². The number of rotatable bonds is 6. The molecule has 2 rings (SSSR count). The minimum atomic E-state index is 0.876. The van der Waals surface area contributed by atoms with Crippen molar-refractivity contribution >= 4 is 11.5 Å². The minimum absolute atomic E-state index is 0.876. The van der Waals surface area contributed by atoms with Gasteiger partial charge >= 0.3 is 0 Å². The van der Waals surface area contributed by atoms with E-state index in [0.29, 0.717) is 0 Å². The van der Waals surface area contributed by atoms with Crippen molar-refractivity contribution in [2.45, 2.75) is 20.4 Å². The van der Waals surface area contributed by atoms with Crippen LogP contribution >= 0.6 is 0 Å². The number of pyridine rings is 1. The first-order valence-electron chi connectivity index (χ1n) is 6.83.